The number of nitrogens with zero attached hydrogens (tertiary/aromatic N) is 1. The molecule has 2 rings (SSSR count). The monoisotopic (exact) mass is 211 g/mol. The van der Waals surface area contributed by atoms with Crippen LogP contribution in [0, 0.1) is 0 Å². The van der Waals surface area contributed by atoms with E-state index in [0.717, 1.165) is 24.4 Å². The van der Waals surface area contributed by atoms with Crippen LogP contribution in [0.2, 0.25) is 0 Å². The maximum absolute atomic E-state index is 5.18. The van der Waals surface area contributed by atoms with Crippen molar-refractivity contribution in [1.29, 1.82) is 0 Å². The van der Waals surface area contributed by atoms with E-state index in [1.807, 2.05) is 6.07 Å². The van der Waals surface area contributed by atoms with Crippen LogP contribution in [-0.2, 0) is 6.42 Å². The number of ether oxygens (including phenoxy) is 1. The van der Waals surface area contributed by atoms with Gasteiger partial charge >= 0.3 is 0 Å². The quantitative estimate of drug-likeness (QED) is 0.700. The second kappa shape index (κ2) is 4.47. The van der Waals surface area contributed by atoms with Crippen molar-refractivity contribution in [3.63, 3.8) is 0 Å². The van der Waals surface area contributed by atoms with Gasteiger partial charge in [-0.05, 0) is 42.7 Å². The van der Waals surface area contributed by atoms with E-state index in [1.54, 1.807) is 7.11 Å². The Morgan fingerprint density at radius 1 is 1.36 bits per heavy atom. The fourth-order valence-corrected chi connectivity index (χ4v) is 1.69. The van der Waals surface area contributed by atoms with Crippen molar-refractivity contribution in [2.75, 3.05) is 13.7 Å². The van der Waals surface area contributed by atoms with Gasteiger partial charge in [-0.3, -0.25) is 4.99 Å². The van der Waals surface area contributed by atoms with E-state index in [1.165, 1.54) is 11.1 Å². The largest absolute Gasteiger partial charge is 0.497 e. The molecule has 14 heavy (non-hydrogen) atoms. The summed E-state index contributed by atoms with van der Waals surface area (Å²) < 4.78 is 5.18. The molecule has 76 valence electrons. The molecule has 1 aromatic rings. The summed E-state index contributed by atoms with van der Waals surface area (Å²) in [4.78, 5) is 4.40. The average Bonchev–Trinajstić information content (AvgIpc) is 2.18. The molecule has 0 fully saturated rings. The van der Waals surface area contributed by atoms with Gasteiger partial charge in [-0.15, -0.1) is 12.4 Å². The third kappa shape index (κ3) is 1.90. The zero-order valence-corrected chi connectivity index (χ0v) is 9.23. The zero-order valence-electron chi connectivity index (χ0n) is 8.41. The first-order valence-electron chi connectivity index (χ1n) is 4.49. The Hall–Kier alpha value is -1.02. The van der Waals surface area contributed by atoms with Crippen molar-refractivity contribution in [3.8, 4) is 5.75 Å². The van der Waals surface area contributed by atoms with Crippen LogP contribution in [0.1, 0.15) is 18.1 Å². The van der Waals surface area contributed by atoms with Gasteiger partial charge in [0.25, 0.3) is 0 Å². The first kappa shape index (κ1) is 11.1. The Morgan fingerprint density at radius 2 is 2.14 bits per heavy atom. The number of hydrogen-bond acceptors (Lipinski definition) is 2. The molecule has 0 amide bonds. The summed E-state index contributed by atoms with van der Waals surface area (Å²) in [6, 6.07) is 6.18. The van der Waals surface area contributed by atoms with Crippen molar-refractivity contribution in [3.05, 3.63) is 29.3 Å². The minimum Gasteiger partial charge on any atom is -0.497 e. The van der Waals surface area contributed by atoms with Crippen LogP contribution < -0.4 is 4.74 Å². The molecule has 1 aliphatic rings. The van der Waals surface area contributed by atoms with Gasteiger partial charge in [0.05, 0.1) is 7.11 Å². The summed E-state index contributed by atoms with van der Waals surface area (Å²) in [5.74, 6) is 0.938. The van der Waals surface area contributed by atoms with Gasteiger partial charge < -0.3 is 4.74 Å². The Labute approximate surface area is 90.4 Å². The number of aliphatic imine (C=N–C) groups is 1. The Balaban J connectivity index is 0.000000980. The molecular weight excluding hydrogens is 198 g/mol. The Kier molecular flexibility index (Phi) is 3.53. The summed E-state index contributed by atoms with van der Waals surface area (Å²) in [5, 5.41) is 0. The van der Waals surface area contributed by atoms with E-state index in [2.05, 4.69) is 24.0 Å². The van der Waals surface area contributed by atoms with Gasteiger partial charge in [0.15, 0.2) is 0 Å². The molecule has 2 nitrogen and oxygen atoms in total. The summed E-state index contributed by atoms with van der Waals surface area (Å²) in [5.41, 5.74) is 3.77. The molecule has 1 heterocycles. The maximum Gasteiger partial charge on any atom is 0.119 e. The van der Waals surface area contributed by atoms with Crippen LogP contribution in [0.4, 0.5) is 0 Å². The predicted molar refractivity (Wildman–Crippen MR) is 61.0 cm³/mol. The van der Waals surface area contributed by atoms with Crippen LogP contribution in [0.5, 0.6) is 5.75 Å². The summed E-state index contributed by atoms with van der Waals surface area (Å²) in [6.07, 6.45) is 1.03. The fourth-order valence-electron chi connectivity index (χ4n) is 1.69. The zero-order chi connectivity index (χ0) is 9.26. The summed E-state index contributed by atoms with van der Waals surface area (Å²) >= 11 is 0. The van der Waals surface area contributed by atoms with Gasteiger partial charge in [0.1, 0.15) is 5.75 Å². The second-order valence-corrected chi connectivity index (χ2v) is 3.24. The van der Waals surface area contributed by atoms with Gasteiger partial charge in [-0.1, -0.05) is 0 Å². The molecule has 0 saturated carbocycles. The van der Waals surface area contributed by atoms with Gasteiger partial charge in [-0.25, -0.2) is 0 Å². The molecule has 0 unspecified atom stereocenters. The minimum atomic E-state index is 0. The Bertz CT molecular complexity index is 360. The second-order valence-electron chi connectivity index (χ2n) is 3.24. The van der Waals surface area contributed by atoms with Gasteiger partial charge in [-0.2, -0.15) is 0 Å². The van der Waals surface area contributed by atoms with Crippen molar-refractivity contribution < 1.29 is 4.74 Å². The molecule has 0 aliphatic carbocycles. The third-order valence-corrected chi connectivity index (χ3v) is 2.43. The first-order chi connectivity index (χ1) is 6.31. The normalized spacial score (nSPS) is 13.7. The molecule has 0 aromatic heterocycles. The lowest BCUT2D eigenvalue weighted by atomic mass is 9.98. The van der Waals surface area contributed by atoms with Gasteiger partial charge in [0, 0.05) is 12.3 Å². The van der Waals surface area contributed by atoms with Crippen LogP contribution in [0.3, 0.4) is 0 Å². The number of methoxy groups -OCH3 is 1. The number of benzene rings is 1. The predicted octanol–water partition coefficient (Wildman–Crippen LogP) is 2.48. The van der Waals surface area contributed by atoms with Crippen molar-refractivity contribution in [1.82, 2.24) is 0 Å². The highest BCUT2D eigenvalue weighted by Gasteiger charge is 2.10. The molecule has 0 saturated heterocycles. The van der Waals surface area contributed by atoms with E-state index in [4.69, 9.17) is 4.74 Å². The molecule has 3 heteroatoms. The number of halogens is 1. The first-order valence-corrected chi connectivity index (χ1v) is 4.49. The summed E-state index contributed by atoms with van der Waals surface area (Å²) in [6.45, 7) is 2.97. The van der Waals surface area contributed by atoms with Crippen LogP contribution in [-0.4, -0.2) is 19.4 Å². The van der Waals surface area contributed by atoms with E-state index in [9.17, 15) is 0 Å². The van der Waals surface area contributed by atoms with E-state index in [-0.39, 0.29) is 12.4 Å². The highest BCUT2D eigenvalue weighted by atomic mass is 35.5. The maximum atomic E-state index is 5.18. The molecule has 0 bridgehead atoms. The summed E-state index contributed by atoms with van der Waals surface area (Å²) in [7, 11) is 1.70. The lowest BCUT2D eigenvalue weighted by Crippen LogP contribution is -2.09. The molecule has 0 N–H and O–H groups in total. The smallest absolute Gasteiger partial charge is 0.119 e. The van der Waals surface area contributed by atoms with Crippen molar-refractivity contribution in [2.45, 2.75) is 13.3 Å². The highest BCUT2D eigenvalue weighted by Crippen LogP contribution is 2.21. The molecule has 0 radical (unpaired) electrons. The van der Waals surface area contributed by atoms with Crippen molar-refractivity contribution >= 4 is 18.1 Å². The third-order valence-electron chi connectivity index (χ3n) is 2.43. The van der Waals surface area contributed by atoms with Crippen molar-refractivity contribution in [2.24, 2.45) is 4.99 Å². The molecule has 1 aliphatic heterocycles. The van der Waals surface area contributed by atoms with E-state index >= 15 is 0 Å². The van der Waals surface area contributed by atoms with Crippen LogP contribution >= 0.6 is 12.4 Å². The lowest BCUT2D eigenvalue weighted by Gasteiger charge is -2.14. The van der Waals surface area contributed by atoms with Crippen LogP contribution in [0.15, 0.2) is 23.2 Å². The lowest BCUT2D eigenvalue weighted by molar-refractivity contribution is 0.414. The van der Waals surface area contributed by atoms with Gasteiger partial charge in [0.2, 0.25) is 0 Å². The standard InChI is InChI=1S/C11H13NO.ClH/c1-8-11-4-3-10(13-2)7-9(11)5-6-12-8;/h3-4,7H,5-6H2,1-2H3;1H. The molecular formula is C11H14ClNO. The topological polar surface area (TPSA) is 21.6 Å². The number of fused-ring (bicyclic) bond motifs is 1. The molecule has 1 aromatic carbocycles. The minimum absolute atomic E-state index is 0. The average molecular weight is 212 g/mol. The molecule has 0 spiro atoms. The molecule has 0 atom stereocenters. The van der Waals surface area contributed by atoms with E-state index < -0.39 is 0 Å². The fraction of sp³-hybridized carbons (Fsp3) is 0.364. The SMILES string of the molecule is COc1ccc2c(c1)CCN=C2C.Cl. The van der Waals surface area contributed by atoms with Crippen LogP contribution in [0.25, 0.3) is 0 Å². The number of rotatable bonds is 1. The Morgan fingerprint density at radius 3 is 2.86 bits per heavy atom. The van der Waals surface area contributed by atoms with E-state index in [0.29, 0.717) is 0 Å². The highest BCUT2D eigenvalue weighted by molar-refractivity contribution is 6.00. The number of hydrogen-bond donors (Lipinski definition) is 0.